The number of likely N-dealkylation sites (tertiary alicyclic amines) is 1. The van der Waals surface area contributed by atoms with E-state index in [4.69, 9.17) is 10.7 Å². The Balaban J connectivity index is 0.00000280. The summed E-state index contributed by atoms with van der Waals surface area (Å²) in [5.41, 5.74) is 8.33. The fraction of sp³-hybridized carbons (Fsp3) is 0.619. The van der Waals surface area contributed by atoms with Crippen LogP contribution in [0.3, 0.4) is 0 Å². The molecular formula is C21H34IN5O. The molecule has 2 aliphatic heterocycles. The maximum absolute atomic E-state index is 11.4. The number of rotatable bonds is 6. The smallest absolute Gasteiger partial charge is 0.221 e. The van der Waals surface area contributed by atoms with Crippen LogP contribution in [0.15, 0.2) is 29.3 Å². The van der Waals surface area contributed by atoms with Crippen LogP contribution in [0, 0.1) is 5.92 Å². The van der Waals surface area contributed by atoms with Gasteiger partial charge in [0, 0.05) is 32.7 Å². The molecule has 1 saturated heterocycles. The SMILES string of the molecule is CCNC(=NCCCN1CCCC(C(N)=O)C1)N1CCc2ccccc2C1.I. The van der Waals surface area contributed by atoms with Crippen molar-refractivity contribution in [1.82, 2.24) is 15.1 Å². The number of hydrogen-bond acceptors (Lipinski definition) is 3. The molecule has 3 N–H and O–H groups in total. The molecule has 0 bridgehead atoms. The molecule has 2 aliphatic rings. The number of nitrogens with one attached hydrogen (secondary N) is 1. The van der Waals surface area contributed by atoms with Gasteiger partial charge in [-0.2, -0.15) is 0 Å². The normalized spacial score (nSPS) is 20.2. The van der Waals surface area contributed by atoms with E-state index < -0.39 is 0 Å². The predicted octanol–water partition coefficient (Wildman–Crippen LogP) is 2.22. The van der Waals surface area contributed by atoms with Crippen molar-refractivity contribution >= 4 is 35.8 Å². The Morgan fingerprint density at radius 2 is 2.07 bits per heavy atom. The molecular weight excluding hydrogens is 465 g/mol. The molecule has 2 heterocycles. The van der Waals surface area contributed by atoms with Gasteiger partial charge < -0.3 is 20.9 Å². The molecule has 0 aromatic heterocycles. The van der Waals surface area contributed by atoms with E-state index in [0.29, 0.717) is 0 Å². The molecule has 1 aromatic carbocycles. The first-order valence-electron chi connectivity index (χ1n) is 10.3. The van der Waals surface area contributed by atoms with E-state index in [-0.39, 0.29) is 35.8 Å². The van der Waals surface area contributed by atoms with Crippen LogP contribution in [-0.2, 0) is 17.8 Å². The number of amides is 1. The number of carbonyl (C=O) groups excluding carboxylic acids is 1. The van der Waals surface area contributed by atoms with Gasteiger partial charge in [-0.1, -0.05) is 24.3 Å². The van der Waals surface area contributed by atoms with Crippen LogP contribution in [0.5, 0.6) is 0 Å². The Kier molecular flexibility index (Phi) is 9.50. The van der Waals surface area contributed by atoms with E-state index in [1.165, 1.54) is 11.1 Å². The van der Waals surface area contributed by atoms with E-state index in [1.54, 1.807) is 0 Å². The van der Waals surface area contributed by atoms with Crippen LogP contribution in [0.1, 0.15) is 37.3 Å². The third kappa shape index (κ3) is 6.34. The predicted molar refractivity (Wildman–Crippen MR) is 125 cm³/mol. The van der Waals surface area contributed by atoms with Crippen LogP contribution in [0.4, 0.5) is 0 Å². The van der Waals surface area contributed by atoms with Crippen LogP contribution >= 0.6 is 24.0 Å². The number of nitrogens with two attached hydrogens (primary N) is 1. The molecule has 0 saturated carbocycles. The number of nitrogens with zero attached hydrogens (tertiary/aromatic N) is 3. The number of piperidine rings is 1. The molecule has 6 nitrogen and oxygen atoms in total. The summed E-state index contributed by atoms with van der Waals surface area (Å²) in [6.07, 6.45) is 4.07. The third-order valence-electron chi connectivity index (χ3n) is 5.57. The maximum atomic E-state index is 11.4. The number of fused-ring (bicyclic) bond motifs is 1. The van der Waals surface area contributed by atoms with Gasteiger partial charge >= 0.3 is 0 Å². The lowest BCUT2D eigenvalue weighted by molar-refractivity contribution is -0.123. The van der Waals surface area contributed by atoms with Gasteiger partial charge in [0.2, 0.25) is 5.91 Å². The second-order valence-corrected chi connectivity index (χ2v) is 7.57. The minimum absolute atomic E-state index is 0. The van der Waals surface area contributed by atoms with E-state index in [2.05, 4.69) is 46.3 Å². The van der Waals surface area contributed by atoms with Crippen molar-refractivity contribution in [3.8, 4) is 0 Å². The Morgan fingerprint density at radius 3 is 2.82 bits per heavy atom. The first kappa shape index (κ1) is 22.9. The van der Waals surface area contributed by atoms with Crippen LogP contribution in [-0.4, -0.2) is 60.9 Å². The zero-order valence-electron chi connectivity index (χ0n) is 16.9. The van der Waals surface area contributed by atoms with Crippen molar-refractivity contribution in [3.63, 3.8) is 0 Å². The number of carbonyl (C=O) groups is 1. The van der Waals surface area contributed by atoms with Crippen molar-refractivity contribution in [2.24, 2.45) is 16.6 Å². The Labute approximate surface area is 186 Å². The van der Waals surface area contributed by atoms with E-state index in [9.17, 15) is 4.79 Å². The molecule has 0 aliphatic carbocycles. The van der Waals surface area contributed by atoms with Crippen LogP contribution in [0.25, 0.3) is 0 Å². The summed E-state index contributed by atoms with van der Waals surface area (Å²) in [7, 11) is 0. The molecule has 3 rings (SSSR count). The molecule has 1 atom stereocenters. The summed E-state index contributed by atoms with van der Waals surface area (Å²) < 4.78 is 0. The molecule has 1 aromatic rings. The zero-order chi connectivity index (χ0) is 19.1. The largest absolute Gasteiger partial charge is 0.369 e. The standard InChI is InChI=1S/C21H33N5O.HI/c1-2-23-21(26-14-10-17-7-3-4-8-18(17)16-26)24-11-6-13-25-12-5-9-19(15-25)20(22)27;/h3-4,7-8,19H,2,5-6,9-16H2,1H3,(H2,22,27)(H,23,24);1H. The minimum atomic E-state index is -0.155. The van der Waals surface area contributed by atoms with Gasteiger partial charge in [-0.15, -0.1) is 24.0 Å². The molecule has 156 valence electrons. The van der Waals surface area contributed by atoms with Gasteiger partial charge in [-0.25, -0.2) is 0 Å². The summed E-state index contributed by atoms with van der Waals surface area (Å²) in [6, 6.07) is 8.69. The number of benzene rings is 1. The lowest BCUT2D eigenvalue weighted by Crippen LogP contribution is -2.44. The highest BCUT2D eigenvalue weighted by Gasteiger charge is 2.23. The summed E-state index contributed by atoms with van der Waals surface area (Å²) in [5, 5.41) is 3.44. The second kappa shape index (κ2) is 11.6. The van der Waals surface area contributed by atoms with Crippen molar-refractivity contribution in [3.05, 3.63) is 35.4 Å². The summed E-state index contributed by atoms with van der Waals surface area (Å²) in [5.74, 6) is 0.881. The Hall–Kier alpha value is -1.35. The maximum Gasteiger partial charge on any atom is 0.221 e. The Bertz CT molecular complexity index is 666. The average molecular weight is 499 g/mol. The van der Waals surface area contributed by atoms with Gasteiger partial charge in [0.05, 0.1) is 5.92 Å². The number of hydrogen-bond donors (Lipinski definition) is 2. The average Bonchev–Trinajstić information content (AvgIpc) is 2.70. The van der Waals surface area contributed by atoms with Gasteiger partial charge in [-0.3, -0.25) is 9.79 Å². The van der Waals surface area contributed by atoms with Crippen molar-refractivity contribution in [2.45, 2.75) is 39.2 Å². The molecule has 1 amide bonds. The second-order valence-electron chi connectivity index (χ2n) is 7.57. The minimum Gasteiger partial charge on any atom is -0.369 e. The first-order valence-corrected chi connectivity index (χ1v) is 10.3. The molecule has 0 radical (unpaired) electrons. The fourth-order valence-electron chi connectivity index (χ4n) is 4.07. The number of guanidine groups is 1. The summed E-state index contributed by atoms with van der Waals surface area (Å²) in [6.45, 7) is 8.59. The first-order chi connectivity index (χ1) is 13.2. The van der Waals surface area contributed by atoms with E-state index >= 15 is 0 Å². The van der Waals surface area contributed by atoms with Gasteiger partial charge in [0.25, 0.3) is 0 Å². The molecule has 1 unspecified atom stereocenters. The number of aliphatic imine (C=N–C) groups is 1. The highest BCUT2D eigenvalue weighted by atomic mass is 127. The van der Waals surface area contributed by atoms with E-state index in [1.807, 2.05) is 0 Å². The Morgan fingerprint density at radius 1 is 1.29 bits per heavy atom. The van der Waals surface area contributed by atoms with Crippen LogP contribution in [0.2, 0.25) is 0 Å². The van der Waals surface area contributed by atoms with Crippen molar-refractivity contribution in [1.29, 1.82) is 0 Å². The van der Waals surface area contributed by atoms with Gasteiger partial charge in [0.1, 0.15) is 0 Å². The van der Waals surface area contributed by atoms with Crippen molar-refractivity contribution < 1.29 is 4.79 Å². The molecule has 28 heavy (non-hydrogen) atoms. The topological polar surface area (TPSA) is 74.0 Å². The zero-order valence-corrected chi connectivity index (χ0v) is 19.2. The van der Waals surface area contributed by atoms with Crippen LogP contribution < -0.4 is 11.1 Å². The molecule has 7 heteroatoms. The highest BCUT2D eigenvalue weighted by Crippen LogP contribution is 2.19. The van der Waals surface area contributed by atoms with E-state index in [0.717, 1.165) is 77.5 Å². The van der Waals surface area contributed by atoms with Gasteiger partial charge in [0.15, 0.2) is 5.96 Å². The van der Waals surface area contributed by atoms with Gasteiger partial charge in [-0.05, 0) is 56.8 Å². The third-order valence-corrected chi connectivity index (χ3v) is 5.57. The molecule has 1 fully saturated rings. The van der Waals surface area contributed by atoms with Crippen molar-refractivity contribution in [2.75, 3.05) is 39.3 Å². The number of primary amides is 1. The monoisotopic (exact) mass is 499 g/mol. The lowest BCUT2D eigenvalue weighted by atomic mass is 9.97. The highest BCUT2D eigenvalue weighted by molar-refractivity contribution is 14.0. The quantitative estimate of drug-likeness (QED) is 0.273. The summed E-state index contributed by atoms with van der Waals surface area (Å²) in [4.78, 5) is 21.0. The fourth-order valence-corrected chi connectivity index (χ4v) is 4.07. The molecule has 0 spiro atoms. The number of halogens is 1. The lowest BCUT2D eigenvalue weighted by Gasteiger charge is -2.32. The summed E-state index contributed by atoms with van der Waals surface area (Å²) >= 11 is 0.